The maximum Gasteiger partial charge on any atom is 0.338 e. The van der Waals surface area contributed by atoms with Gasteiger partial charge in [0.05, 0.1) is 30.0 Å². The van der Waals surface area contributed by atoms with Gasteiger partial charge in [-0.25, -0.2) is 13.2 Å². The predicted octanol–water partition coefficient (Wildman–Crippen LogP) is 4.29. The molecule has 0 saturated heterocycles. The van der Waals surface area contributed by atoms with Crippen LogP contribution < -0.4 is 9.46 Å². The van der Waals surface area contributed by atoms with Gasteiger partial charge in [-0.15, -0.1) is 0 Å². The lowest BCUT2D eigenvalue weighted by Crippen LogP contribution is -2.15. The number of carbonyl (C=O) groups excluding carboxylic acids is 1. The number of methoxy groups -OCH3 is 1. The summed E-state index contributed by atoms with van der Waals surface area (Å²) >= 11 is 12.1. The third-order valence-corrected chi connectivity index (χ3v) is 5.89. The number of hydrogen-bond donors (Lipinski definition) is 1. The summed E-state index contributed by atoms with van der Waals surface area (Å²) in [6.45, 7) is 3.63. The Labute approximate surface area is 162 Å². The Morgan fingerprint density at radius 3 is 2.42 bits per heavy atom. The molecule has 0 unspecified atom stereocenters. The molecule has 2 aromatic carbocycles. The molecule has 140 valence electrons. The van der Waals surface area contributed by atoms with Crippen LogP contribution in [0.2, 0.25) is 10.0 Å². The molecule has 0 aliphatic rings. The zero-order valence-corrected chi connectivity index (χ0v) is 16.6. The highest BCUT2D eigenvalue weighted by molar-refractivity contribution is 7.92. The van der Waals surface area contributed by atoms with Gasteiger partial charge in [-0.05, 0) is 49.7 Å². The fourth-order valence-corrected chi connectivity index (χ4v) is 4.17. The summed E-state index contributed by atoms with van der Waals surface area (Å²) in [5.74, 6) is -0.208. The van der Waals surface area contributed by atoms with E-state index in [-0.39, 0.29) is 27.3 Å². The maximum atomic E-state index is 12.7. The van der Waals surface area contributed by atoms with Crippen LogP contribution in [0.15, 0.2) is 35.2 Å². The first kappa shape index (κ1) is 20.4. The first-order chi connectivity index (χ1) is 12.2. The fourth-order valence-electron chi connectivity index (χ4n) is 2.20. The SMILES string of the molecule is CCOC(=O)c1ccc(NS(=O)(=O)c2ccc(OC)c(Cl)c2Cl)c(C)c1. The van der Waals surface area contributed by atoms with Crippen LogP contribution in [0.3, 0.4) is 0 Å². The van der Waals surface area contributed by atoms with Crippen molar-refractivity contribution in [1.29, 1.82) is 0 Å². The van der Waals surface area contributed by atoms with Crippen LogP contribution in [-0.2, 0) is 14.8 Å². The molecule has 9 heteroatoms. The summed E-state index contributed by atoms with van der Waals surface area (Å²) in [7, 11) is -2.59. The number of esters is 1. The van der Waals surface area contributed by atoms with Crippen molar-refractivity contribution in [3.63, 3.8) is 0 Å². The standard InChI is InChI=1S/C17H17Cl2NO5S/c1-4-25-17(21)11-5-6-12(10(2)9-11)20-26(22,23)14-8-7-13(24-3)15(18)16(14)19/h5-9,20H,4H2,1-3H3. The minimum absolute atomic E-state index is 0.00595. The molecule has 0 radical (unpaired) electrons. The number of ether oxygens (including phenoxy) is 2. The van der Waals surface area contributed by atoms with E-state index in [0.717, 1.165) is 0 Å². The van der Waals surface area contributed by atoms with Gasteiger partial charge in [-0.2, -0.15) is 0 Å². The summed E-state index contributed by atoms with van der Waals surface area (Å²) in [4.78, 5) is 11.6. The Hall–Kier alpha value is -1.96. The van der Waals surface area contributed by atoms with Crippen molar-refractivity contribution in [2.24, 2.45) is 0 Å². The first-order valence-corrected chi connectivity index (χ1v) is 9.77. The molecular formula is C17H17Cl2NO5S. The predicted molar refractivity (Wildman–Crippen MR) is 101 cm³/mol. The van der Waals surface area contributed by atoms with Gasteiger partial charge in [0, 0.05) is 0 Å². The highest BCUT2D eigenvalue weighted by Crippen LogP contribution is 2.37. The van der Waals surface area contributed by atoms with Crippen molar-refractivity contribution in [2.45, 2.75) is 18.7 Å². The number of rotatable bonds is 6. The second-order valence-corrected chi connectivity index (χ2v) is 7.66. The van der Waals surface area contributed by atoms with E-state index in [1.807, 2.05) is 0 Å². The van der Waals surface area contributed by atoms with Crippen LogP contribution in [-0.4, -0.2) is 28.1 Å². The van der Waals surface area contributed by atoms with Crippen molar-refractivity contribution in [3.05, 3.63) is 51.5 Å². The molecule has 2 aromatic rings. The lowest BCUT2D eigenvalue weighted by Gasteiger charge is -2.14. The molecule has 0 bridgehead atoms. The Bertz CT molecular complexity index is 944. The lowest BCUT2D eigenvalue weighted by atomic mass is 10.1. The van der Waals surface area contributed by atoms with Gasteiger partial charge < -0.3 is 9.47 Å². The average molecular weight is 418 g/mol. The van der Waals surface area contributed by atoms with E-state index in [0.29, 0.717) is 16.8 Å². The number of aryl methyl sites for hydroxylation is 1. The van der Waals surface area contributed by atoms with E-state index in [1.54, 1.807) is 19.9 Å². The number of hydrogen-bond acceptors (Lipinski definition) is 5. The quantitative estimate of drug-likeness (QED) is 0.708. The molecule has 6 nitrogen and oxygen atoms in total. The molecule has 0 fully saturated rings. The Morgan fingerprint density at radius 1 is 1.15 bits per heavy atom. The Kier molecular flexibility index (Phi) is 6.39. The van der Waals surface area contributed by atoms with E-state index < -0.39 is 16.0 Å². The van der Waals surface area contributed by atoms with Gasteiger partial charge in [-0.3, -0.25) is 4.72 Å². The molecule has 0 aromatic heterocycles. The van der Waals surface area contributed by atoms with Crippen LogP contribution in [0.4, 0.5) is 5.69 Å². The van der Waals surface area contributed by atoms with Gasteiger partial charge in [0.15, 0.2) is 0 Å². The van der Waals surface area contributed by atoms with Crippen molar-refractivity contribution in [3.8, 4) is 5.75 Å². The van der Waals surface area contributed by atoms with Gasteiger partial charge in [0.25, 0.3) is 10.0 Å². The topological polar surface area (TPSA) is 81.7 Å². The number of sulfonamides is 1. The van der Waals surface area contributed by atoms with E-state index in [4.69, 9.17) is 32.7 Å². The van der Waals surface area contributed by atoms with Crippen molar-refractivity contribution in [2.75, 3.05) is 18.4 Å². The third kappa shape index (κ3) is 4.23. The highest BCUT2D eigenvalue weighted by atomic mass is 35.5. The molecule has 0 aliphatic heterocycles. The second-order valence-electron chi connectivity index (χ2n) is 5.25. The summed E-state index contributed by atoms with van der Waals surface area (Å²) < 4.78 is 37.7. The van der Waals surface area contributed by atoms with E-state index in [9.17, 15) is 13.2 Å². The minimum Gasteiger partial charge on any atom is -0.495 e. The molecule has 1 N–H and O–H groups in total. The highest BCUT2D eigenvalue weighted by Gasteiger charge is 2.23. The van der Waals surface area contributed by atoms with E-state index in [2.05, 4.69) is 4.72 Å². The minimum atomic E-state index is -4.00. The van der Waals surface area contributed by atoms with Crippen molar-refractivity contribution >= 4 is 44.9 Å². The van der Waals surface area contributed by atoms with Gasteiger partial charge in [-0.1, -0.05) is 23.2 Å². The second kappa shape index (κ2) is 8.16. The van der Waals surface area contributed by atoms with Crippen molar-refractivity contribution in [1.82, 2.24) is 0 Å². The fraction of sp³-hybridized carbons (Fsp3) is 0.235. The van der Waals surface area contributed by atoms with Gasteiger partial charge >= 0.3 is 5.97 Å². The molecule has 0 saturated carbocycles. The molecule has 26 heavy (non-hydrogen) atoms. The van der Waals surface area contributed by atoms with Crippen LogP contribution in [0.25, 0.3) is 0 Å². The molecule has 0 spiro atoms. The molecule has 0 heterocycles. The van der Waals surface area contributed by atoms with Crippen molar-refractivity contribution < 1.29 is 22.7 Å². The molecule has 0 amide bonds. The Balaban J connectivity index is 2.36. The summed E-state index contributed by atoms with van der Waals surface area (Å²) in [6, 6.07) is 7.22. The number of anilines is 1. The van der Waals surface area contributed by atoms with Crippen LogP contribution in [0.1, 0.15) is 22.8 Å². The molecule has 2 rings (SSSR count). The smallest absolute Gasteiger partial charge is 0.338 e. The number of benzene rings is 2. The van der Waals surface area contributed by atoms with Crippen LogP contribution in [0.5, 0.6) is 5.75 Å². The zero-order valence-electron chi connectivity index (χ0n) is 14.3. The van der Waals surface area contributed by atoms with Gasteiger partial charge in [0.2, 0.25) is 0 Å². The van der Waals surface area contributed by atoms with E-state index in [1.165, 1.54) is 31.4 Å². The van der Waals surface area contributed by atoms with Gasteiger partial charge in [0.1, 0.15) is 15.7 Å². The van der Waals surface area contributed by atoms with Crippen LogP contribution in [0, 0.1) is 6.92 Å². The molecule has 0 atom stereocenters. The summed E-state index contributed by atoms with van der Waals surface area (Å²) in [6.07, 6.45) is 0. The molecule has 0 aliphatic carbocycles. The Morgan fingerprint density at radius 2 is 1.85 bits per heavy atom. The van der Waals surface area contributed by atoms with Crippen LogP contribution >= 0.6 is 23.2 Å². The third-order valence-electron chi connectivity index (χ3n) is 3.50. The average Bonchev–Trinajstić information content (AvgIpc) is 2.58. The van der Waals surface area contributed by atoms with E-state index >= 15 is 0 Å². The molecular weight excluding hydrogens is 401 g/mol. The normalized spacial score (nSPS) is 11.1. The number of halogens is 2. The first-order valence-electron chi connectivity index (χ1n) is 7.53. The summed E-state index contributed by atoms with van der Waals surface area (Å²) in [5, 5.41) is -0.134. The number of nitrogens with one attached hydrogen (secondary N) is 1. The largest absolute Gasteiger partial charge is 0.495 e. The lowest BCUT2D eigenvalue weighted by molar-refractivity contribution is 0.0526. The zero-order chi connectivity index (χ0) is 19.5. The monoisotopic (exact) mass is 417 g/mol. The number of carbonyl (C=O) groups is 1. The summed E-state index contributed by atoms with van der Waals surface area (Å²) in [5.41, 5.74) is 1.19. The maximum absolute atomic E-state index is 12.7.